The van der Waals surface area contributed by atoms with E-state index in [2.05, 4.69) is 0 Å². The Balaban J connectivity index is 1.46. The third-order valence-corrected chi connectivity index (χ3v) is 17.1. The maximum Gasteiger partial charge on any atom is 0.410 e. The van der Waals surface area contributed by atoms with Crippen LogP contribution in [-0.4, -0.2) is 162 Å². The summed E-state index contributed by atoms with van der Waals surface area (Å²) in [6.45, 7) is 15.4. The lowest BCUT2D eigenvalue weighted by Gasteiger charge is -2.43. The van der Waals surface area contributed by atoms with E-state index in [9.17, 15) is 44.1 Å². The molecular formula is C64H96N2O15. The molecule has 17 nitrogen and oxygen atoms in total. The number of allylic oxidation sites excluding steroid dienone is 6. The monoisotopic (exact) mass is 1130 g/mol. The second kappa shape index (κ2) is 32.8. The van der Waals surface area contributed by atoms with Gasteiger partial charge in [0.1, 0.15) is 36.2 Å². The molecule has 2 unspecified atom stereocenters. The van der Waals surface area contributed by atoms with Gasteiger partial charge in [0, 0.05) is 64.4 Å². The molecular weight excluding hydrogens is 1040 g/mol. The fraction of sp³-hybridized carbons (Fsp3) is 0.688. The Morgan fingerprint density at radius 3 is 2.31 bits per heavy atom. The number of benzene rings is 1. The molecule has 452 valence electrons. The molecule has 1 aliphatic carbocycles. The van der Waals surface area contributed by atoms with Crippen LogP contribution in [-0.2, 0) is 58.8 Å². The molecule has 3 aliphatic heterocycles. The van der Waals surface area contributed by atoms with Gasteiger partial charge in [0.05, 0.1) is 31.5 Å². The summed E-state index contributed by atoms with van der Waals surface area (Å²) < 4.78 is 36.7. The first kappa shape index (κ1) is 66.9. The molecule has 2 saturated heterocycles. The van der Waals surface area contributed by atoms with Crippen LogP contribution in [0.4, 0.5) is 4.79 Å². The normalized spacial score (nSPS) is 34.6. The van der Waals surface area contributed by atoms with Crippen LogP contribution in [0.2, 0.25) is 0 Å². The number of hydrogen-bond acceptors (Lipinski definition) is 15. The van der Waals surface area contributed by atoms with Gasteiger partial charge in [-0.2, -0.15) is 0 Å². The summed E-state index contributed by atoms with van der Waals surface area (Å²) in [6.07, 6.45) is 11.2. The van der Waals surface area contributed by atoms with Crippen molar-refractivity contribution in [3.8, 4) is 0 Å². The zero-order valence-corrected chi connectivity index (χ0v) is 50.0. The fourth-order valence-corrected chi connectivity index (χ4v) is 12.0. The number of aliphatic hydroxyl groups excluding tert-OH is 2. The smallest absolute Gasteiger partial charge is 0.410 e. The number of hydrogen-bond donors (Lipinski definition) is 3. The predicted molar refractivity (Wildman–Crippen MR) is 307 cm³/mol. The summed E-state index contributed by atoms with van der Waals surface area (Å²) in [5.41, 5.74) is 2.35. The standard InChI is InChI=1S/C64H96N2O15/c1-11-30-65(32-33-67)63(74)80-53-28-26-49(38-56(53)76-9)37-44(5)55-40-52(68)43(4)36-46(7)58(70)59(77-10)57(69)45(6)35-41(2)20-14-12-15-21-42(3)54(78-34-29-48-22-16-13-17-23-48)39-50-27-25-47(8)64(75,81-50)60(71)61(72)66-31-19-18-24-51(66)62(73)79-55/h12-17,20-23,36,41,43-45,47,49-51,53-56,58-59,67,70,75H,11,18-19,24-35,37-40H2,1-10H3/b15-12+,20-14+,42-21+,46-36+/t41-,43-,44-,45-,47-,49+,50+,51?,53-,54?,55+,56-,58-,59+,64-/m1/s1. The molecule has 2 bridgehead atoms. The van der Waals surface area contributed by atoms with Crippen molar-refractivity contribution < 1.29 is 72.5 Å². The van der Waals surface area contributed by atoms with Gasteiger partial charge in [0.15, 0.2) is 5.78 Å². The molecule has 0 spiro atoms. The minimum absolute atomic E-state index is 0.00691. The number of methoxy groups -OCH3 is 2. The van der Waals surface area contributed by atoms with Crippen molar-refractivity contribution in [1.29, 1.82) is 0 Å². The highest BCUT2D eigenvalue weighted by Gasteiger charge is 2.53. The number of ether oxygens (including phenoxy) is 6. The van der Waals surface area contributed by atoms with E-state index in [4.69, 9.17) is 28.4 Å². The van der Waals surface area contributed by atoms with Gasteiger partial charge in [-0.1, -0.05) is 108 Å². The number of cyclic esters (lactones) is 1. The van der Waals surface area contributed by atoms with Gasteiger partial charge in [-0.25, -0.2) is 9.59 Å². The lowest BCUT2D eigenvalue weighted by molar-refractivity contribution is -0.266. The molecule has 17 heteroatoms. The van der Waals surface area contributed by atoms with E-state index in [1.54, 1.807) is 34.0 Å². The van der Waals surface area contributed by atoms with E-state index < -0.39 is 102 Å². The second-order valence-electron chi connectivity index (χ2n) is 23.5. The minimum atomic E-state index is -2.49. The Hall–Kier alpha value is -4.88. The van der Waals surface area contributed by atoms with Crippen LogP contribution in [0.3, 0.4) is 0 Å². The highest BCUT2D eigenvalue weighted by molar-refractivity contribution is 6.39. The molecule has 1 aromatic rings. The number of piperidine rings is 1. The van der Waals surface area contributed by atoms with Crippen molar-refractivity contribution in [3.05, 3.63) is 83.5 Å². The quantitative estimate of drug-likeness (QED) is 0.0901. The topological polar surface area (TPSA) is 225 Å². The highest BCUT2D eigenvalue weighted by atomic mass is 16.6. The SMILES string of the molecule is CCCN(CCO)C(=O)O[C@@H]1CC[C@@H](C[C@@H](C)[C@@H]2CC(=O)[C@H](C)/C=C(\C)[C@@H](O)[C@@H](OC)C(=O)[C@H](C)C[C@H](C)/C=C/C=C/C=C(\C)C(OCCc3ccccc3)C[C@@H]3CC[C@@H](C)[C@@](O)(O3)C(=O)C(=O)N3CCCCC3C(=O)O2)C[C@H]1OC. The number of nitrogens with zero attached hydrogens (tertiary/aromatic N) is 2. The van der Waals surface area contributed by atoms with Crippen LogP contribution in [0.15, 0.2) is 77.9 Å². The summed E-state index contributed by atoms with van der Waals surface area (Å²) in [6, 6.07) is 8.77. The number of esters is 1. The Morgan fingerprint density at radius 1 is 0.877 bits per heavy atom. The first-order valence-corrected chi connectivity index (χ1v) is 29.8. The van der Waals surface area contributed by atoms with Crippen molar-refractivity contribution in [1.82, 2.24) is 9.80 Å². The van der Waals surface area contributed by atoms with E-state index in [1.807, 2.05) is 95.3 Å². The van der Waals surface area contributed by atoms with Gasteiger partial charge in [-0.3, -0.25) is 19.2 Å². The minimum Gasteiger partial charge on any atom is -0.460 e. The number of Topliss-reactive ketones (excluding diaryl/α,β-unsaturated/α-hetero) is 3. The van der Waals surface area contributed by atoms with Crippen molar-refractivity contribution >= 4 is 35.3 Å². The van der Waals surface area contributed by atoms with Crippen molar-refractivity contribution in [2.75, 3.05) is 47.1 Å². The average molecular weight is 1130 g/mol. The molecule has 0 aromatic heterocycles. The van der Waals surface area contributed by atoms with Crippen LogP contribution in [0.25, 0.3) is 0 Å². The Labute approximate surface area is 481 Å². The van der Waals surface area contributed by atoms with Crippen molar-refractivity contribution in [2.24, 2.45) is 35.5 Å². The number of rotatable bonds is 14. The number of amides is 2. The Kier molecular flexibility index (Phi) is 27.1. The summed E-state index contributed by atoms with van der Waals surface area (Å²) in [4.78, 5) is 88.1. The molecule has 5 rings (SSSR count). The molecule has 0 radical (unpaired) electrons. The zero-order chi connectivity index (χ0) is 59.4. The van der Waals surface area contributed by atoms with Crippen LogP contribution >= 0.6 is 0 Å². The lowest BCUT2D eigenvalue weighted by Crippen LogP contribution is -2.61. The summed E-state index contributed by atoms with van der Waals surface area (Å²) in [5.74, 6) is -8.51. The largest absolute Gasteiger partial charge is 0.460 e. The van der Waals surface area contributed by atoms with Crippen molar-refractivity contribution in [3.63, 3.8) is 0 Å². The van der Waals surface area contributed by atoms with Gasteiger partial charge >= 0.3 is 12.1 Å². The first-order valence-electron chi connectivity index (χ1n) is 29.8. The van der Waals surface area contributed by atoms with Crippen LogP contribution < -0.4 is 0 Å². The molecule has 3 fully saturated rings. The molecule has 81 heavy (non-hydrogen) atoms. The van der Waals surface area contributed by atoms with Gasteiger partial charge in [-0.15, -0.1) is 0 Å². The number of ketones is 3. The molecule has 3 heterocycles. The predicted octanol–water partition coefficient (Wildman–Crippen LogP) is 8.64. The summed E-state index contributed by atoms with van der Waals surface area (Å²) >= 11 is 0. The molecule has 1 saturated carbocycles. The molecule has 1 aromatic carbocycles. The van der Waals surface area contributed by atoms with E-state index in [0.29, 0.717) is 89.4 Å². The maximum absolute atomic E-state index is 14.7. The highest BCUT2D eigenvalue weighted by Crippen LogP contribution is 2.38. The van der Waals surface area contributed by atoms with E-state index in [-0.39, 0.29) is 62.4 Å². The molecule has 3 N–H and O–H groups in total. The van der Waals surface area contributed by atoms with E-state index in [0.717, 1.165) is 11.1 Å². The molecule has 15 atom stereocenters. The van der Waals surface area contributed by atoms with E-state index >= 15 is 0 Å². The average Bonchev–Trinajstić information content (AvgIpc) is 3.45. The van der Waals surface area contributed by atoms with Crippen LogP contribution in [0.1, 0.15) is 144 Å². The van der Waals surface area contributed by atoms with Gasteiger partial charge < -0.3 is 53.5 Å². The zero-order valence-electron chi connectivity index (χ0n) is 50.0. The van der Waals surface area contributed by atoms with Gasteiger partial charge in [-0.05, 0) is 125 Å². The number of aliphatic hydroxyl groups is 3. The fourth-order valence-electron chi connectivity index (χ4n) is 12.0. The van der Waals surface area contributed by atoms with Crippen LogP contribution in [0, 0.1) is 35.5 Å². The van der Waals surface area contributed by atoms with Crippen LogP contribution in [0.5, 0.6) is 0 Å². The summed E-state index contributed by atoms with van der Waals surface area (Å²) in [5, 5.41) is 33.5. The lowest BCUT2D eigenvalue weighted by atomic mass is 9.78. The second-order valence-corrected chi connectivity index (χ2v) is 23.5. The first-order chi connectivity index (χ1) is 38.6. The Morgan fingerprint density at radius 2 is 1.62 bits per heavy atom. The number of carbonyl (C=O) groups is 6. The third kappa shape index (κ3) is 19.1. The Bertz CT molecular complexity index is 2330. The molecule has 4 aliphatic rings. The maximum atomic E-state index is 14.7. The van der Waals surface area contributed by atoms with Crippen molar-refractivity contribution in [2.45, 2.75) is 200 Å². The van der Waals surface area contributed by atoms with Gasteiger partial charge in [0.2, 0.25) is 5.79 Å². The number of fused-ring (bicyclic) bond motifs is 3. The van der Waals surface area contributed by atoms with E-state index in [1.165, 1.54) is 16.9 Å². The molecule has 2 amide bonds. The number of carbonyl (C=O) groups excluding carboxylic acids is 6. The van der Waals surface area contributed by atoms with Gasteiger partial charge in [0.25, 0.3) is 11.7 Å². The third-order valence-electron chi connectivity index (χ3n) is 17.1. The summed E-state index contributed by atoms with van der Waals surface area (Å²) in [7, 11) is 2.94.